The maximum Gasteiger partial charge on any atom is 0.323 e. The number of carbonyl (C=O) groups is 1. The molecule has 0 rings (SSSR count). The number of rotatable bonds is 5. The Labute approximate surface area is 70.4 Å². The van der Waals surface area contributed by atoms with Gasteiger partial charge in [-0.2, -0.15) is 0 Å². The Balaban J connectivity index is 3.36. The van der Waals surface area contributed by atoms with Crippen molar-refractivity contribution in [1.29, 1.82) is 0 Å². The summed E-state index contributed by atoms with van der Waals surface area (Å²) in [4.78, 5) is 10.7. The predicted octanol–water partition coefficient (Wildman–Crippen LogP) is -0.176. The van der Waals surface area contributed by atoms with Crippen LogP contribution in [0.1, 0.15) is 0 Å². The van der Waals surface area contributed by atoms with Gasteiger partial charge in [0.05, 0.1) is 13.0 Å². The molecular weight excluding hydrogens is 166 g/mol. The second-order valence-electron chi connectivity index (χ2n) is 1.91. The minimum atomic E-state index is -0.542. The summed E-state index contributed by atoms with van der Waals surface area (Å²) in [6, 6.07) is -0.542. The van der Waals surface area contributed by atoms with Crippen LogP contribution in [-0.2, 0) is 14.3 Å². The maximum atomic E-state index is 10.7. The lowest BCUT2D eigenvalue weighted by atomic mass is 10.4. The van der Waals surface area contributed by atoms with E-state index in [2.05, 4.69) is 4.74 Å². The number of hydrogen-bond acceptors (Lipinski definition) is 5. The second kappa shape index (κ2) is 6.45. The monoisotopic (exact) mass is 179 g/mol. The van der Waals surface area contributed by atoms with Gasteiger partial charge in [-0.25, -0.2) is 0 Å². The third-order valence-corrected chi connectivity index (χ3v) is 2.00. The zero-order chi connectivity index (χ0) is 8.69. The standard InChI is InChI=1S/C6H13NO3S/c1-9-4-11-3-5(7)6(8)10-2/h5H,3-4,7H2,1-2H3. The summed E-state index contributed by atoms with van der Waals surface area (Å²) >= 11 is 1.46. The van der Waals surface area contributed by atoms with E-state index in [1.54, 1.807) is 7.11 Å². The van der Waals surface area contributed by atoms with Gasteiger partial charge in [-0.05, 0) is 0 Å². The van der Waals surface area contributed by atoms with Gasteiger partial charge in [0.15, 0.2) is 0 Å². The first-order valence-electron chi connectivity index (χ1n) is 3.12. The quantitative estimate of drug-likeness (QED) is 0.360. The summed E-state index contributed by atoms with van der Waals surface area (Å²) in [6.45, 7) is 0. The number of nitrogens with two attached hydrogens (primary N) is 1. The smallest absolute Gasteiger partial charge is 0.323 e. The minimum Gasteiger partial charge on any atom is -0.468 e. The Hall–Kier alpha value is -0.260. The number of esters is 1. The van der Waals surface area contributed by atoms with Gasteiger partial charge in [-0.3, -0.25) is 4.79 Å². The van der Waals surface area contributed by atoms with Crippen molar-refractivity contribution in [3.63, 3.8) is 0 Å². The van der Waals surface area contributed by atoms with Crippen LogP contribution >= 0.6 is 11.8 Å². The van der Waals surface area contributed by atoms with Crippen LogP contribution in [0, 0.1) is 0 Å². The van der Waals surface area contributed by atoms with E-state index in [0.717, 1.165) is 0 Å². The summed E-state index contributed by atoms with van der Waals surface area (Å²) < 4.78 is 9.19. The van der Waals surface area contributed by atoms with Crippen molar-refractivity contribution < 1.29 is 14.3 Å². The largest absolute Gasteiger partial charge is 0.468 e. The summed E-state index contributed by atoms with van der Waals surface area (Å²) in [7, 11) is 2.92. The van der Waals surface area contributed by atoms with Crippen molar-refractivity contribution in [3.05, 3.63) is 0 Å². The van der Waals surface area contributed by atoms with E-state index in [1.807, 2.05) is 0 Å². The van der Waals surface area contributed by atoms with Gasteiger partial charge in [0.2, 0.25) is 0 Å². The van der Waals surface area contributed by atoms with Gasteiger partial charge < -0.3 is 15.2 Å². The summed E-state index contributed by atoms with van der Waals surface area (Å²) in [5.41, 5.74) is 5.42. The summed E-state index contributed by atoms with van der Waals surface area (Å²) in [6.07, 6.45) is 0. The molecule has 0 saturated carbocycles. The first-order valence-corrected chi connectivity index (χ1v) is 4.28. The van der Waals surface area contributed by atoms with E-state index in [-0.39, 0.29) is 5.97 Å². The highest BCUT2D eigenvalue weighted by Gasteiger charge is 2.12. The Morgan fingerprint density at radius 2 is 2.27 bits per heavy atom. The summed E-state index contributed by atoms with van der Waals surface area (Å²) in [5, 5.41) is 0. The van der Waals surface area contributed by atoms with Crippen molar-refractivity contribution in [2.24, 2.45) is 5.73 Å². The number of methoxy groups -OCH3 is 2. The van der Waals surface area contributed by atoms with Crippen LogP contribution in [0.25, 0.3) is 0 Å². The van der Waals surface area contributed by atoms with Crippen LogP contribution in [0.15, 0.2) is 0 Å². The Morgan fingerprint density at radius 3 is 2.73 bits per heavy atom. The molecule has 4 nitrogen and oxygen atoms in total. The average molecular weight is 179 g/mol. The molecule has 0 aromatic heterocycles. The van der Waals surface area contributed by atoms with E-state index < -0.39 is 6.04 Å². The number of carbonyl (C=O) groups excluding carboxylic acids is 1. The summed E-state index contributed by atoms with van der Waals surface area (Å²) in [5.74, 6) is 0.694. The highest BCUT2D eigenvalue weighted by Crippen LogP contribution is 2.01. The van der Waals surface area contributed by atoms with Crippen LogP contribution in [0.4, 0.5) is 0 Å². The van der Waals surface area contributed by atoms with E-state index in [4.69, 9.17) is 10.5 Å². The Kier molecular flexibility index (Phi) is 6.30. The van der Waals surface area contributed by atoms with Gasteiger partial charge in [0, 0.05) is 12.9 Å². The molecule has 0 spiro atoms. The average Bonchev–Trinajstić information content (AvgIpc) is 2.03. The minimum absolute atomic E-state index is 0.381. The molecule has 0 saturated heterocycles. The van der Waals surface area contributed by atoms with Crippen LogP contribution < -0.4 is 5.73 Å². The highest BCUT2D eigenvalue weighted by atomic mass is 32.2. The first kappa shape index (κ1) is 10.7. The van der Waals surface area contributed by atoms with Crippen molar-refractivity contribution >= 4 is 17.7 Å². The van der Waals surface area contributed by atoms with Crippen molar-refractivity contribution in [3.8, 4) is 0 Å². The molecule has 0 heterocycles. The number of thioether (sulfide) groups is 1. The van der Waals surface area contributed by atoms with Gasteiger partial charge in [0.25, 0.3) is 0 Å². The van der Waals surface area contributed by atoms with Crippen LogP contribution in [0.5, 0.6) is 0 Å². The molecule has 1 atom stereocenters. The second-order valence-corrected chi connectivity index (χ2v) is 2.88. The fourth-order valence-corrected chi connectivity index (χ4v) is 1.13. The molecular formula is C6H13NO3S. The molecule has 5 heteroatoms. The third-order valence-electron chi connectivity index (χ3n) is 1.00. The predicted molar refractivity (Wildman–Crippen MR) is 44.3 cm³/mol. The van der Waals surface area contributed by atoms with Crippen LogP contribution in [0.2, 0.25) is 0 Å². The molecule has 0 aromatic carbocycles. The lowest BCUT2D eigenvalue weighted by Gasteiger charge is -2.07. The fraction of sp³-hybridized carbons (Fsp3) is 0.833. The van der Waals surface area contributed by atoms with Crippen LogP contribution in [0.3, 0.4) is 0 Å². The van der Waals surface area contributed by atoms with Crippen molar-refractivity contribution in [2.45, 2.75) is 6.04 Å². The highest BCUT2D eigenvalue weighted by molar-refractivity contribution is 7.99. The maximum absolute atomic E-state index is 10.7. The molecule has 2 N–H and O–H groups in total. The molecule has 0 aliphatic rings. The van der Waals surface area contributed by atoms with E-state index in [0.29, 0.717) is 11.7 Å². The first-order chi connectivity index (χ1) is 5.22. The number of ether oxygens (including phenoxy) is 2. The van der Waals surface area contributed by atoms with Crippen molar-refractivity contribution in [2.75, 3.05) is 25.9 Å². The molecule has 0 aliphatic carbocycles. The molecule has 0 aliphatic heterocycles. The Bertz CT molecular complexity index is 120. The zero-order valence-corrected chi connectivity index (χ0v) is 7.52. The molecule has 0 amide bonds. The zero-order valence-electron chi connectivity index (χ0n) is 6.70. The lowest BCUT2D eigenvalue weighted by Crippen LogP contribution is -2.33. The SMILES string of the molecule is COCSCC(N)C(=O)OC. The molecule has 11 heavy (non-hydrogen) atoms. The van der Waals surface area contributed by atoms with Gasteiger partial charge >= 0.3 is 5.97 Å². The van der Waals surface area contributed by atoms with E-state index in [9.17, 15) is 4.79 Å². The van der Waals surface area contributed by atoms with Gasteiger partial charge in [-0.15, -0.1) is 11.8 Å². The molecule has 66 valence electrons. The molecule has 0 radical (unpaired) electrons. The topological polar surface area (TPSA) is 61.5 Å². The molecule has 0 bridgehead atoms. The number of hydrogen-bond donors (Lipinski definition) is 1. The fourth-order valence-electron chi connectivity index (χ4n) is 0.478. The molecule has 0 fully saturated rings. The lowest BCUT2D eigenvalue weighted by molar-refractivity contribution is -0.141. The molecule has 1 unspecified atom stereocenters. The van der Waals surface area contributed by atoms with Gasteiger partial charge in [-0.1, -0.05) is 0 Å². The third kappa shape index (κ3) is 5.06. The van der Waals surface area contributed by atoms with Crippen molar-refractivity contribution in [1.82, 2.24) is 0 Å². The van der Waals surface area contributed by atoms with E-state index >= 15 is 0 Å². The normalized spacial score (nSPS) is 12.6. The van der Waals surface area contributed by atoms with Gasteiger partial charge in [0.1, 0.15) is 6.04 Å². The Morgan fingerprint density at radius 1 is 1.64 bits per heavy atom. The molecule has 0 aromatic rings. The van der Waals surface area contributed by atoms with E-state index in [1.165, 1.54) is 18.9 Å². The van der Waals surface area contributed by atoms with Crippen LogP contribution in [-0.4, -0.2) is 37.9 Å².